The summed E-state index contributed by atoms with van der Waals surface area (Å²) in [7, 11) is 1.71. The second-order valence-electron chi connectivity index (χ2n) is 6.63. The highest BCUT2D eigenvalue weighted by Crippen LogP contribution is 2.35. The zero-order valence-electron chi connectivity index (χ0n) is 14.7. The maximum Gasteiger partial charge on any atom is 0.273 e. The molecule has 3 rings (SSSR count). The van der Waals surface area contributed by atoms with Gasteiger partial charge in [-0.25, -0.2) is 0 Å². The predicted octanol–water partition coefficient (Wildman–Crippen LogP) is 4.26. The first-order valence-electron chi connectivity index (χ1n) is 8.79. The van der Waals surface area contributed by atoms with Crippen molar-refractivity contribution >= 4 is 33.4 Å². The van der Waals surface area contributed by atoms with E-state index in [0.29, 0.717) is 18.5 Å². The second kappa shape index (κ2) is 7.99. The SMILES string of the molecule is CN(C(=O)c1ccccn1)C1(C(=O)Nc2ccc(Br)cc2)CCCCC1. The number of likely N-dealkylation sites (N-methyl/N-ethyl adjacent to an activating group) is 1. The second-order valence-corrected chi connectivity index (χ2v) is 7.55. The Morgan fingerprint density at radius 1 is 1.08 bits per heavy atom. The molecule has 0 spiro atoms. The molecule has 1 aromatic heterocycles. The fraction of sp³-hybridized carbons (Fsp3) is 0.350. The van der Waals surface area contributed by atoms with Crippen molar-refractivity contribution in [3.63, 3.8) is 0 Å². The summed E-state index contributed by atoms with van der Waals surface area (Å²) in [5.41, 5.74) is 0.234. The standard InChI is InChI=1S/C20H22BrN3O2/c1-24(18(25)17-7-3-6-14-22-17)20(12-4-2-5-13-20)19(26)23-16-10-8-15(21)9-11-16/h3,6-11,14H,2,4-5,12-13H2,1H3,(H,23,26). The maximum atomic E-state index is 13.2. The molecule has 0 unspecified atom stereocenters. The Hall–Kier alpha value is -2.21. The lowest BCUT2D eigenvalue weighted by molar-refractivity contribution is -0.128. The number of nitrogens with zero attached hydrogens (tertiary/aromatic N) is 2. The molecule has 0 saturated heterocycles. The summed E-state index contributed by atoms with van der Waals surface area (Å²) >= 11 is 3.39. The molecule has 6 heteroatoms. The molecule has 0 atom stereocenters. The van der Waals surface area contributed by atoms with Gasteiger partial charge in [0, 0.05) is 23.4 Å². The molecule has 0 bridgehead atoms. The number of hydrogen-bond donors (Lipinski definition) is 1. The third kappa shape index (κ3) is 3.80. The van der Waals surface area contributed by atoms with E-state index in [1.54, 1.807) is 36.3 Å². The molecule has 5 nitrogen and oxygen atoms in total. The van der Waals surface area contributed by atoms with Crippen molar-refractivity contribution in [1.82, 2.24) is 9.88 Å². The van der Waals surface area contributed by atoms with Gasteiger partial charge in [0.15, 0.2) is 0 Å². The van der Waals surface area contributed by atoms with Gasteiger partial charge in [-0.15, -0.1) is 0 Å². The summed E-state index contributed by atoms with van der Waals surface area (Å²) < 4.78 is 0.949. The van der Waals surface area contributed by atoms with E-state index in [9.17, 15) is 9.59 Å². The molecule has 0 radical (unpaired) electrons. The normalized spacial score (nSPS) is 15.9. The number of carbonyl (C=O) groups excluding carboxylic acids is 2. The topological polar surface area (TPSA) is 62.3 Å². The van der Waals surface area contributed by atoms with E-state index in [1.165, 1.54) is 0 Å². The van der Waals surface area contributed by atoms with Crippen molar-refractivity contribution in [3.05, 3.63) is 58.8 Å². The van der Waals surface area contributed by atoms with E-state index in [2.05, 4.69) is 26.2 Å². The van der Waals surface area contributed by atoms with Crippen LogP contribution in [-0.4, -0.2) is 34.3 Å². The summed E-state index contributed by atoms with van der Waals surface area (Å²) in [6.07, 6.45) is 5.84. The number of nitrogens with one attached hydrogen (secondary N) is 1. The van der Waals surface area contributed by atoms with Crippen LogP contribution in [-0.2, 0) is 4.79 Å². The zero-order chi connectivity index (χ0) is 18.6. The first-order valence-corrected chi connectivity index (χ1v) is 9.58. The molecule has 136 valence electrons. The van der Waals surface area contributed by atoms with Gasteiger partial charge in [-0.2, -0.15) is 0 Å². The average molecular weight is 416 g/mol. The molecule has 1 aromatic carbocycles. The largest absolute Gasteiger partial charge is 0.326 e. The minimum atomic E-state index is -0.847. The Balaban J connectivity index is 1.86. The molecule has 1 N–H and O–H groups in total. The molecule has 1 aliphatic rings. The van der Waals surface area contributed by atoms with Crippen LogP contribution in [0.2, 0.25) is 0 Å². The summed E-state index contributed by atoms with van der Waals surface area (Å²) in [4.78, 5) is 31.9. The molecular formula is C20H22BrN3O2. The quantitative estimate of drug-likeness (QED) is 0.811. The highest BCUT2D eigenvalue weighted by Gasteiger charge is 2.45. The highest BCUT2D eigenvalue weighted by atomic mass is 79.9. The van der Waals surface area contributed by atoms with Crippen molar-refractivity contribution in [1.29, 1.82) is 0 Å². The van der Waals surface area contributed by atoms with Gasteiger partial charge in [-0.05, 0) is 49.2 Å². The van der Waals surface area contributed by atoms with Crippen LogP contribution >= 0.6 is 15.9 Å². The molecule has 2 amide bonds. The number of benzene rings is 1. The molecule has 1 heterocycles. The van der Waals surface area contributed by atoms with Crippen LogP contribution in [0.4, 0.5) is 5.69 Å². The van der Waals surface area contributed by atoms with E-state index < -0.39 is 5.54 Å². The molecule has 1 saturated carbocycles. The minimum absolute atomic E-state index is 0.133. The monoisotopic (exact) mass is 415 g/mol. The first-order chi connectivity index (χ1) is 12.5. The third-order valence-corrected chi connectivity index (χ3v) is 5.56. The van der Waals surface area contributed by atoms with Crippen molar-refractivity contribution in [2.45, 2.75) is 37.6 Å². The minimum Gasteiger partial charge on any atom is -0.326 e. The Labute approximate surface area is 161 Å². The van der Waals surface area contributed by atoms with Gasteiger partial charge in [0.05, 0.1) is 0 Å². The Morgan fingerprint density at radius 3 is 2.38 bits per heavy atom. The van der Waals surface area contributed by atoms with E-state index in [-0.39, 0.29) is 11.8 Å². The lowest BCUT2D eigenvalue weighted by Crippen LogP contribution is -2.58. The smallest absolute Gasteiger partial charge is 0.273 e. The van der Waals surface area contributed by atoms with Gasteiger partial charge < -0.3 is 10.2 Å². The van der Waals surface area contributed by atoms with Crippen LogP contribution < -0.4 is 5.32 Å². The molecule has 2 aromatic rings. The van der Waals surface area contributed by atoms with Gasteiger partial charge in [-0.3, -0.25) is 14.6 Å². The van der Waals surface area contributed by atoms with Gasteiger partial charge in [0.2, 0.25) is 5.91 Å². The van der Waals surface area contributed by atoms with Crippen LogP contribution in [0.1, 0.15) is 42.6 Å². The Morgan fingerprint density at radius 2 is 1.77 bits per heavy atom. The van der Waals surface area contributed by atoms with Crippen LogP contribution in [0.5, 0.6) is 0 Å². The molecule has 26 heavy (non-hydrogen) atoms. The molecule has 0 aliphatic heterocycles. The summed E-state index contributed by atoms with van der Waals surface area (Å²) in [6, 6.07) is 12.7. The number of carbonyl (C=O) groups is 2. The van der Waals surface area contributed by atoms with Gasteiger partial charge in [0.1, 0.15) is 11.2 Å². The number of hydrogen-bond acceptors (Lipinski definition) is 3. The van der Waals surface area contributed by atoms with Crippen molar-refractivity contribution < 1.29 is 9.59 Å². The van der Waals surface area contributed by atoms with Crippen LogP contribution in [0.3, 0.4) is 0 Å². The summed E-state index contributed by atoms with van der Waals surface area (Å²) in [5, 5.41) is 2.99. The van der Waals surface area contributed by atoms with Crippen molar-refractivity contribution in [2.24, 2.45) is 0 Å². The third-order valence-electron chi connectivity index (χ3n) is 5.04. The van der Waals surface area contributed by atoms with Gasteiger partial charge in [0.25, 0.3) is 5.91 Å². The average Bonchev–Trinajstić information content (AvgIpc) is 2.69. The van der Waals surface area contributed by atoms with Gasteiger partial charge >= 0.3 is 0 Å². The van der Waals surface area contributed by atoms with E-state index in [1.807, 2.05) is 24.3 Å². The van der Waals surface area contributed by atoms with Crippen molar-refractivity contribution in [3.8, 4) is 0 Å². The van der Waals surface area contributed by atoms with Crippen LogP contribution in [0.15, 0.2) is 53.1 Å². The van der Waals surface area contributed by atoms with Crippen molar-refractivity contribution in [2.75, 3.05) is 12.4 Å². The highest BCUT2D eigenvalue weighted by molar-refractivity contribution is 9.10. The lowest BCUT2D eigenvalue weighted by Gasteiger charge is -2.43. The predicted molar refractivity (Wildman–Crippen MR) is 105 cm³/mol. The Bertz CT molecular complexity index is 771. The molecular weight excluding hydrogens is 394 g/mol. The summed E-state index contributed by atoms with van der Waals surface area (Å²) in [5.74, 6) is -0.357. The molecule has 1 aliphatic carbocycles. The number of rotatable bonds is 4. The summed E-state index contributed by atoms with van der Waals surface area (Å²) in [6.45, 7) is 0. The van der Waals surface area contributed by atoms with Gasteiger partial charge in [-0.1, -0.05) is 41.3 Å². The number of halogens is 1. The van der Waals surface area contributed by atoms with E-state index >= 15 is 0 Å². The fourth-order valence-electron chi connectivity index (χ4n) is 3.49. The number of amides is 2. The first kappa shape index (κ1) is 18.6. The number of aromatic nitrogens is 1. The maximum absolute atomic E-state index is 13.2. The number of anilines is 1. The van der Waals surface area contributed by atoms with E-state index in [4.69, 9.17) is 0 Å². The van der Waals surface area contributed by atoms with Crippen LogP contribution in [0.25, 0.3) is 0 Å². The number of pyridine rings is 1. The Kier molecular flexibility index (Phi) is 5.71. The zero-order valence-corrected chi connectivity index (χ0v) is 16.3. The molecule has 1 fully saturated rings. The lowest BCUT2D eigenvalue weighted by atomic mass is 9.79. The van der Waals surface area contributed by atoms with E-state index in [0.717, 1.165) is 29.4 Å². The fourth-order valence-corrected chi connectivity index (χ4v) is 3.75. The van der Waals surface area contributed by atoms with Crippen LogP contribution in [0, 0.1) is 0 Å².